The molecule has 0 saturated heterocycles. The summed E-state index contributed by atoms with van der Waals surface area (Å²) in [6.07, 6.45) is 3.74. The van der Waals surface area contributed by atoms with Crippen LogP contribution >= 0.6 is 15.9 Å². The lowest BCUT2D eigenvalue weighted by molar-refractivity contribution is 0.219. The number of hydrogen-bond donors (Lipinski definition) is 2. The molecule has 1 aliphatic carbocycles. The summed E-state index contributed by atoms with van der Waals surface area (Å²) in [6, 6.07) is 0. The van der Waals surface area contributed by atoms with Gasteiger partial charge in [0.15, 0.2) is 0 Å². The number of aromatic nitrogens is 2. The van der Waals surface area contributed by atoms with E-state index in [-0.39, 0.29) is 17.6 Å². The van der Waals surface area contributed by atoms with Crippen molar-refractivity contribution in [3.05, 3.63) is 21.0 Å². The molecule has 0 radical (unpaired) electrons. The molecule has 1 aromatic heterocycles. The molecule has 1 saturated carbocycles. The lowest BCUT2D eigenvalue weighted by Gasteiger charge is -2.15. The maximum atomic E-state index is 12.1. The van der Waals surface area contributed by atoms with E-state index in [1.54, 1.807) is 6.20 Å². The van der Waals surface area contributed by atoms with Crippen molar-refractivity contribution in [1.29, 1.82) is 0 Å². The third-order valence-electron chi connectivity index (χ3n) is 3.47. The molecule has 1 fully saturated rings. The number of rotatable bonds is 6. The zero-order valence-corrected chi connectivity index (χ0v) is 12.9. The average molecular weight is 330 g/mol. The summed E-state index contributed by atoms with van der Waals surface area (Å²) < 4.78 is 1.98. The maximum absolute atomic E-state index is 12.1. The van der Waals surface area contributed by atoms with Crippen LogP contribution in [0.15, 0.2) is 15.5 Å². The molecule has 2 N–H and O–H groups in total. The molecule has 0 bridgehead atoms. The molecule has 6 heteroatoms. The van der Waals surface area contributed by atoms with Gasteiger partial charge in [0.1, 0.15) is 4.47 Å². The van der Waals surface area contributed by atoms with Crippen LogP contribution in [0.5, 0.6) is 0 Å². The number of aliphatic hydroxyl groups is 1. The van der Waals surface area contributed by atoms with Crippen molar-refractivity contribution in [3.8, 4) is 0 Å². The van der Waals surface area contributed by atoms with Crippen molar-refractivity contribution in [3.63, 3.8) is 0 Å². The van der Waals surface area contributed by atoms with Gasteiger partial charge < -0.3 is 10.4 Å². The van der Waals surface area contributed by atoms with Crippen molar-refractivity contribution in [1.82, 2.24) is 9.78 Å². The fourth-order valence-electron chi connectivity index (χ4n) is 1.91. The van der Waals surface area contributed by atoms with E-state index in [1.807, 2.05) is 13.8 Å². The first kappa shape index (κ1) is 14.5. The van der Waals surface area contributed by atoms with E-state index in [0.29, 0.717) is 29.2 Å². The Morgan fingerprint density at radius 1 is 1.58 bits per heavy atom. The Morgan fingerprint density at radius 2 is 2.26 bits per heavy atom. The van der Waals surface area contributed by atoms with Crippen molar-refractivity contribution in [2.45, 2.75) is 33.2 Å². The Morgan fingerprint density at radius 3 is 2.79 bits per heavy atom. The second-order valence-corrected chi connectivity index (χ2v) is 6.56. The predicted octanol–water partition coefficient (Wildman–Crippen LogP) is 1.85. The Labute approximate surface area is 121 Å². The monoisotopic (exact) mass is 329 g/mol. The zero-order valence-electron chi connectivity index (χ0n) is 11.3. The Kier molecular flexibility index (Phi) is 4.30. The molecule has 106 valence electrons. The van der Waals surface area contributed by atoms with Crippen LogP contribution < -0.4 is 10.9 Å². The number of anilines is 1. The molecule has 1 aromatic rings. The average Bonchev–Trinajstić information content (AvgIpc) is 3.14. The largest absolute Gasteiger partial charge is 0.396 e. The topological polar surface area (TPSA) is 67.2 Å². The first-order chi connectivity index (χ1) is 8.97. The number of halogens is 1. The van der Waals surface area contributed by atoms with Gasteiger partial charge in [0.05, 0.1) is 18.5 Å². The summed E-state index contributed by atoms with van der Waals surface area (Å²) in [5.74, 6) is 0.375. The van der Waals surface area contributed by atoms with Crippen LogP contribution in [-0.2, 0) is 6.54 Å². The minimum atomic E-state index is -0.118. The first-order valence-corrected chi connectivity index (χ1v) is 7.37. The van der Waals surface area contributed by atoms with Gasteiger partial charge in [0, 0.05) is 18.5 Å². The molecule has 0 amide bonds. The lowest BCUT2D eigenvalue weighted by Crippen LogP contribution is -2.27. The molecule has 0 spiro atoms. The molecule has 2 rings (SSSR count). The summed E-state index contributed by atoms with van der Waals surface area (Å²) in [5.41, 5.74) is 0.587. The van der Waals surface area contributed by atoms with Gasteiger partial charge in [-0.3, -0.25) is 4.79 Å². The number of aliphatic hydroxyl groups excluding tert-OH is 1. The predicted molar refractivity (Wildman–Crippen MR) is 78.3 cm³/mol. The van der Waals surface area contributed by atoms with Crippen LogP contribution in [0.4, 0.5) is 5.69 Å². The molecule has 1 heterocycles. The highest BCUT2D eigenvalue weighted by atomic mass is 79.9. The van der Waals surface area contributed by atoms with Gasteiger partial charge in [-0.25, -0.2) is 4.68 Å². The molecule has 5 nitrogen and oxygen atoms in total. The standard InChI is InChI=1S/C13H20BrN3O2/c1-9(2)6-17-12(19)11(14)10(5-16-17)15-7-13(8-18)3-4-13/h5,9,15,18H,3-4,6-8H2,1-2H3. The molecule has 1 aliphatic rings. The molecule has 0 aliphatic heterocycles. The number of hydrogen-bond acceptors (Lipinski definition) is 4. The summed E-state index contributed by atoms with van der Waals surface area (Å²) in [6.45, 7) is 5.57. The summed E-state index contributed by atoms with van der Waals surface area (Å²) >= 11 is 3.33. The van der Waals surface area contributed by atoms with E-state index in [9.17, 15) is 9.90 Å². The minimum Gasteiger partial charge on any atom is -0.396 e. The highest BCUT2D eigenvalue weighted by Gasteiger charge is 2.41. The van der Waals surface area contributed by atoms with Crippen LogP contribution in [0.3, 0.4) is 0 Å². The Balaban J connectivity index is 2.10. The highest BCUT2D eigenvalue weighted by Crippen LogP contribution is 2.45. The van der Waals surface area contributed by atoms with Gasteiger partial charge in [-0.2, -0.15) is 5.10 Å². The SMILES string of the molecule is CC(C)Cn1ncc(NCC2(CO)CC2)c(Br)c1=O. The molecule has 0 atom stereocenters. The fraction of sp³-hybridized carbons (Fsp3) is 0.692. The van der Waals surface area contributed by atoms with Crippen molar-refractivity contribution >= 4 is 21.6 Å². The van der Waals surface area contributed by atoms with Crippen molar-refractivity contribution in [2.75, 3.05) is 18.5 Å². The van der Waals surface area contributed by atoms with Crippen molar-refractivity contribution < 1.29 is 5.11 Å². The normalized spacial score (nSPS) is 16.7. The minimum absolute atomic E-state index is 0.00619. The highest BCUT2D eigenvalue weighted by molar-refractivity contribution is 9.10. The number of nitrogens with zero attached hydrogens (tertiary/aromatic N) is 2. The second-order valence-electron chi connectivity index (χ2n) is 5.77. The van der Waals surface area contributed by atoms with Crippen molar-refractivity contribution in [2.24, 2.45) is 11.3 Å². The van der Waals surface area contributed by atoms with Gasteiger partial charge in [-0.15, -0.1) is 0 Å². The van der Waals surface area contributed by atoms with E-state index in [2.05, 4.69) is 26.3 Å². The molecule has 19 heavy (non-hydrogen) atoms. The molecular weight excluding hydrogens is 310 g/mol. The maximum Gasteiger partial charge on any atom is 0.283 e. The molecular formula is C13H20BrN3O2. The zero-order chi connectivity index (χ0) is 14.0. The molecule has 0 aromatic carbocycles. The third-order valence-corrected chi connectivity index (χ3v) is 4.24. The smallest absolute Gasteiger partial charge is 0.283 e. The van der Waals surface area contributed by atoms with Gasteiger partial charge in [-0.1, -0.05) is 13.8 Å². The van der Waals surface area contributed by atoms with E-state index in [0.717, 1.165) is 12.8 Å². The van der Waals surface area contributed by atoms with Crippen LogP contribution in [-0.4, -0.2) is 28.0 Å². The summed E-state index contributed by atoms with van der Waals surface area (Å²) in [7, 11) is 0. The number of nitrogens with one attached hydrogen (secondary N) is 1. The van der Waals surface area contributed by atoms with Gasteiger partial charge in [0.25, 0.3) is 5.56 Å². The van der Waals surface area contributed by atoms with Crippen LogP contribution in [0.25, 0.3) is 0 Å². The first-order valence-electron chi connectivity index (χ1n) is 6.58. The Bertz CT molecular complexity index is 509. The van der Waals surface area contributed by atoms with Gasteiger partial charge >= 0.3 is 0 Å². The second kappa shape index (κ2) is 5.63. The van der Waals surface area contributed by atoms with E-state index >= 15 is 0 Å². The van der Waals surface area contributed by atoms with E-state index < -0.39 is 0 Å². The molecule has 0 unspecified atom stereocenters. The lowest BCUT2D eigenvalue weighted by atomic mass is 10.1. The third kappa shape index (κ3) is 3.36. The van der Waals surface area contributed by atoms with E-state index in [4.69, 9.17) is 0 Å². The summed E-state index contributed by atoms with van der Waals surface area (Å²) in [5, 5.41) is 16.6. The van der Waals surface area contributed by atoms with Gasteiger partial charge in [-0.05, 0) is 34.7 Å². The Hall–Kier alpha value is -0.880. The van der Waals surface area contributed by atoms with Gasteiger partial charge in [0.2, 0.25) is 0 Å². The van der Waals surface area contributed by atoms with Crippen LogP contribution in [0.1, 0.15) is 26.7 Å². The summed E-state index contributed by atoms with van der Waals surface area (Å²) in [4.78, 5) is 12.1. The quantitative estimate of drug-likeness (QED) is 0.835. The fourth-order valence-corrected chi connectivity index (χ4v) is 2.36. The van der Waals surface area contributed by atoms with Crippen LogP contribution in [0, 0.1) is 11.3 Å². The van der Waals surface area contributed by atoms with Crippen LogP contribution in [0.2, 0.25) is 0 Å². The van der Waals surface area contributed by atoms with E-state index in [1.165, 1.54) is 4.68 Å².